The Morgan fingerprint density at radius 1 is 1.41 bits per heavy atom. The molecule has 0 fully saturated rings. The molecule has 0 aliphatic heterocycles. The summed E-state index contributed by atoms with van der Waals surface area (Å²) in [7, 11) is 1.74. The molecule has 1 rings (SSSR count). The third-order valence-electron chi connectivity index (χ3n) is 3.00. The van der Waals surface area contributed by atoms with Crippen LogP contribution in [0.2, 0.25) is 0 Å². The van der Waals surface area contributed by atoms with E-state index in [-0.39, 0.29) is 0 Å². The van der Waals surface area contributed by atoms with E-state index in [4.69, 9.17) is 4.74 Å². The minimum absolute atomic E-state index is 0.429. The van der Waals surface area contributed by atoms with Crippen LogP contribution in [0, 0.1) is 12.8 Å². The molecule has 98 valence electrons. The summed E-state index contributed by atoms with van der Waals surface area (Å²) < 4.78 is 7.25. The van der Waals surface area contributed by atoms with E-state index in [1.54, 1.807) is 7.11 Å². The van der Waals surface area contributed by atoms with Crippen LogP contribution in [0.5, 0.6) is 0 Å². The summed E-state index contributed by atoms with van der Waals surface area (Å²) in [6, 6.07) is 0.429. The zero-order valence-electron chi connectivity index (χ0n) is 11.7. The molecule has 4 heteroatoms. The highest BCUT2D eigenvalue weighted by atomic mass is 16.5. The molecule has 1 atom stereocenters. The molecule has 1 aromatic heterocycles. The van der Waals surface area contributed by atoms with E-state index >= 15 is 0 Å². The summed E-state index contributed by atoms with van der Waals surface area (Å²) in [4.78, 5) is 4.52. The molecule has 0 aromatic carbocycles. The Labute approximate surface area is 104 Å². The maximum atomic E-state index is 5.08. The number of hydrogen-bond donors (Lipinski definition) is 1. The van der Waals surface area contributed by atoms with Gasteiger partial charge in [0.2, 0.25) is 5.95 Å². The fourth-order valence-electron chi connectivity index (χ4n) is 1.58. The van der Waals surface area contributed by atoms with Gasteiger partial charge >= 0.3 is 0 Å². The van der Waals surface area contributed by atoms with E-state index in [2.05, 4.69) is 41.8 Å². The summed E-state index contributed by atoms with van der Waals surface area (Å²) in [5, 5.41) is 3.47. The van der Waals surface area contributed by atoms with Gasteiger partial charge < -0.3 is 14.6 Å². The SMILES string of the molecule is COCCCn1cc(C)nc1NC(C)C(C)C. The van der Waals surface area contributed by atoms with E-state index in [9.17, 15) is 0 Å². The highest BCUT2D eigenvalue weighted by Crippen LogP contribution is 2.13. The van der Waals surface area contributed by atoms with Crippen LogP contribution in [0.4, 0.5) is 5.95 Å². The Morgan fingerprint density at radius 3 is 2.71 bits per heavy atom. The van der Waals surface area contributed by atoms with Crippen molar-refractivity contribution >= 4 is 5.95 Å². The third kappa shape index (κ3) is 4.38. The average Bonchev–Trinajstić information content (AvgIpc) is 2.59. The van der Waals surface area contributed by atoms with Crippen molar-refractivity contribution < 1.29 is 4.74 Å². The Morgan fingerprint density at radius 2 is 2.12 bits per heavy atom. The van der Waals surface area contributed by atoms with Gasteiger partial charge in [-0.2, -0.15) is 0 Å². The van der Waals surface area contributed by atoms with Gasteiger partial charge in [0.15, 0.2) is 0 Å². The first-order valence-corrected chi connectivity index (χ1v) is 6.33. The van der Waals surface area contributed by atoms with Crippen molar-refractivity contribution in [1.29, 1.82) is 0 Å². The fraction of sp³-hybridized carbons (Fsp3) is 0.769. The maximum absolute atomic E-state index is 5.08. The molecule has 1 aromatic rings. The zero-order chi connectivity index (χ0) is 12.8. The van der Waals surface area contributed by atoms with Gasteiger partial charge in [-0.25, -0.2) is 4.98 Å². The highest BCUT2D eigenvalue weighted by Gasteiger charge is 2.11. The van der Waals surface area contributed by atoms with Crippen molar-refractivity contribution in [2.24, 2.45) is 5.92 Å². The smallest absolute Gasteiger partial charge is 0.203 e. The topological polar surface area (TPSA) is 39.1 Å². The first-order valence-electron chi connectivity index (χ1n) is 6.33. The van der Waals surface area contributed by atoms with E-state index < -0.39 is 0 Å². The number of imidazole rings is 1. The van der Waals surface area contributed by atoms with E-state index in [0.29, 0.717) is 12.0 Å². The number of aromatic nitrogens is 2. The Kier molecular flexibility index (Phi) is 5.48. The van der Waals surface area contributed by atoms with E-state index in [1.165, 1.54) is 0 Å². The van der Waals surface area contributed by atoms with Crippen molar-refractivity contribution in [2.75, 3.05) is 19.0 Å². The second-order valence-electron chi connectivity index (χ2n) is 4.92. The van der Waals surface area contributed by atoms with Crippen molar-refractivity contribution in [3.63, 3.8) is 0 Å². The minimum atomic E-state index is 0.429. The van der Waals surface area contributed by atoms with Crippen molar-refractivity contribution in [2.45, 2.75) is 46.7 Å². The molecule has 0 aliphatic carbocycles. The molecule has 0 aliphatic rings. The van der Waals surface area contributed by atoms with Crippen molar-refractivity contribution in [3.05, 3.63) is 11.9 Å². The summed E-state index contributed by atoms with van der Waals surface area (Å²) in [6.45, 7) is 10.4. The molecule has 0 radical (unpaired) electrons. The summed E-state index contributed by atoms with van der Waals surface area (Å²) >= 11 is 0. The van der Waals surface area contributed by atoms with Crippen LogP contribution in [0.25, 0.3) is 0 Å². The monoisotopic (exact) mass is 239 g/mol. The van der Waals surface area contributed by atoms with Crippen LogP contribution in [-0.2, 0) is 11.3 Å². The second-order valence-corrected chi connectivity index (χ2v) is 4.92. The zero-order valence-corrected chi connectivity index (χ0v) is 11.7. The normalized spacial score (nSPS) is 13.1. The lowest BCUT2D eigenvalue weighted by Crippen LogP contribution is -2.23. The second kappa shape index (κ2) is 6.64. The number of nitrogens with zero attached hydrogens (tertiary/aromatic N) is 2. The standard InChI is InChI=1S/C13H25N3O/c1-10(2)12(4)15-13-14-11(3)9-16(13)7-6-8-17-5/h9-10,12H,6-8H2,1-5H3,(H,14,15). The van der Waals surface area contributed by atoms with Crippen molar-refractivity contribution in [1.82, 2.24) is 9.55 Å². The quantitative estimate of drug-likeness (QED) is 0.744. The lowest BCUT2D eigenvalue weighted by Gasteiger charge is -2.19. The number of rotatable bonds is 7. The first-order chi connectivity index (χ1) is 8.04. The van der Waals surface area contributed by atoms with Crippen molar-refractivity contribution in [3.8, 4) is 0 Å². The van der Waals surface area contributed by atoms with Gasteiger partial charge in [0.05, 0.1) is 5.69 Å². The maximum Gasteiger partial charge on any atom is 0.203 e. The van der Waals surface area contributed by atoms with Gasteiger partial charge in [0.1, 0.15) is 0 Å². The fourth-order valence-corrected chi connectivity index (χ4v) is 1.58. The van der Waals surface area contributed by atoms with Crippen LogP contribution in [-0.4, -0.2) is 29.3 Å². The van der Waals surface area contributed by atoms with Crippen LogP contribution < -0.4 is 5.32 Å². The summed E-state index contributed by atoms with van der Waals surface area (Å²) in [5.41, 5.74) is 1.06. The number of aryl methyl sites for hydroxylation is 2. The molecule has 0 saturated carbocycles. The molecule has 17 heavy (non-hydrogen) atoms. The molecular weight excluding hydrogens is 214 g/mol. The predicted molar refractivity (Wildman–Crippen MR) is 71.4 cm³/mol. The number of nitrogens with one attached hydrogen (secondary N) is 1. The molecule has 1 heterocycles. The van der Waals surface area contributed by atoms with Gasteiger partial charge in [0.25, 0.3) is 0 Å². The van der Waals surface area contributed by atoms with Gasteiger partial charge in [-0.05, 0) is 26.2 Å². The lowest BCUT2D eigenvalue weighted by atomic mass is 10.1. The van der Waals surface area contributed by atoms with Gasteiger partial charge in [0, 0.05) is 32.5 Å². The first kappa shape index (κ1) is 14.0. The molecule has 0 saturated heterocycles. The van der Waals surface area contributed by atoms with E-state index in [1.807, 2.05) is 6.92 Å². The highest BCUT2D eigenvalue weighted by molar-refractivity contribution is 5.30. The summed E-state index contributed by atoms with van der Waals surface area (Å²) in [6.07, 6.45) is 3.10. The Balaban J connectivity index is 2.63. The molecule has 1 N–H and O–H groups in total. The lowest BCUT2D eigenvalue weighted by molar-refractivity contribution is 0.190. The van der Waals surface area contributed by atoms with Gasteiger partial charge in [-0.3, -0.25) is 0 Å². The van der Waals surface area contributed by atoms with Crippen LogP contribution in [0.3, 0.4) is 0 Å². The van der Waals surface area contributed by atoms with Gasteiger partial charge in [-0.15, -0.1) is 0 Å². The Bertz CT molecular complexity index is 333. The number of anilines is 1. The molecular formula is C13H25N3O. The average molecular weight is 239 g/mol. The van der Waals surface area contributed by atoms with E-state index in [0.717, 1.165) is 31.2 Å². The van der Waals surface area contributed by atoms with Crippen LogP contribution in [0.1, 0.15) is 32.9 Å². The Hall–Kier alpha value is -1.03. The molecule has 0 amide bonds. The largest absolute Gasteiger partial charge is 0.385 e. The van der Waals surface area contributed by atoms with Crippen LogP contribution >= 0.6 is 0 Å². The van der Waals surface area contributed by atoms with Crippen LogP contribution in [0.15, 0.2) is 6.20 Å². The molecule has 1 unspecified atom stereocenters. The molecule has 0 spiro atoms. The molecule has 4 nitrogen and oxygen atoms in total. The predicted octanol–water partition coefficient (Wildman–Crippen LogP) is 2.68. The van der Waals surface area contributed by atoms with Gasteiger partial charge in [-0.1, -0.05) is 13.8 Å². The minimum Gasteiger partial charge on any atom is -0.385 e. The number of hydrogen-bond acceptors (Lipinski definition) is 3. The number of methoxy groups -OCH3 is 1. The third-order valence-corrected chi connectivity index (χ3v) is 3.00. The molecule has 0 bridgehead atoms. The summed E-state index contributed by atoms with van der Waals surface area (Å²) in [5.74, 6) is 1.57. The number of ether oxygens (including phenoxy) is 1.